The van der Waals surface area contributed by atoms with E-state index in [1.54, 1.807) is 47.9 Å². The number of allylic oxidation sites excluding steroid dienone is 8. The Hall–Kier alpha value is -3.34. The lowest BCUT2D eigenvalue weighted by Gasteiger charge is -2.17. The van der Waals surface area contributed by atoms with Crippen molar-refractivity contribution in [2.24, 2.45) is 5.10 Å². The highest BCUT2D eigenvalue weighted by Gasteiger charge is 2.17. The molecule has 0 aromatic carbocycles. The summed E-state index contributed by atoms with van der Waals surface area (Å²) in [5.74, 6) is 0.761. The Balaban J connectivity index is 1.83. The van der Waals surface area contributed by atoms with Crippen molar-refractivity contribution in [1.29, 1.82) is 0 Å². The lowest BCUT2D eigenvalue weighted by molar-refractivity contribution is -0.113. The van der Waals surface area contributed by atoms with Gasteiger partial charge in [0.15, 0.2) is 11.6 Å². The van der Waals surface area contributed by atoms with E-state index in [4.69, 9.17) is 0 Å². The molecule has 2 aliphatic rings. The Kier molecular flexibility index (Phi) is 6.05. The number of ketones is 1. The SMILES string of the molecule is C=C/C=C(\C=C)N1C=CC(=O)CC(CC2=CC(c3ncccn3)=CCC2)=N1. The molecular formula is C22H22N4O. The summed E-state index contributed by atoms with van der Waals surface area (Å²) in [7, 11) is 0. The van der Waals surface area contributed by atoms with Crippen LogP contribution in [0, 0.1) is 0 Å². The minimum atomic E-state index is 0.0387. The van der Waals surface area contributed by atoms with Crippen LogP contribution in [-0.2, 0) is 4.79 Å². The maximum absolute atomic E-state index is 12.1. The van der Waals surface area contributed by atoms with Gasteiger partial charge in [0.05, 0.1) is 17.8 Å². The van der Waals surface area contributed by atoms with Gasteiger partial charge in [-0.3, -0.25) is 4.79 Å². The molecule has 0 fully saturated rings. The van der Waals surface area contributed by atoms with Gasteiger partial charge in [0.25, 0.3) is 0 Å². The fourth-order valence-electron chi connectivity index (χ4n) is 3.00. The van der Waals surface area contributed by atoms with Gasteiger partial charge in [0.2, 0.25) is 0 Å². The van der Waals surface area contributed by atoms with E-state index in [1.807, 2.05) is 6.08 Å². The summed E-state index contributed by atoms with van der Waals surface area (Å²) < 4.78 is 0. The second-order valence-corrected chi connectivity index (χ2v) is 6.25. The predicted octanol–water partition coefficient (Wildman–Crippen LogP) is 4.37. The molecule has 1 aromatic rings. The normalized spacial score (nSPS) is 17.6. The van der Waals surface area contributed by atoms with Gasteiger partial charge in [0, 0.05) is 30.6 Å². The van der Waals surface area contributed by atoms with Crippen molar-refractivity contribution >= 4 is 17.1 Å². The van der Waals surface area contributed by atoms with Gasteiger partial charge in [-0.15, -0.1) is 0 Å². The van der Waals surface area contributed by atoms with Crippen molar-refractivity contribution in [2.45, 2.75) is 25.7 Å². The summed E-state index contributed by atoms with van der Waals surface area (Å²) in [6.07, 6.45) is 19.0. The molecule has 5 heteroatoms. The van der Waals surface area contributed by atoms with Crippen molar-refractivity contribution < 1.29 is 4.79 Å². The number of hydrazone groups is 1. The molecule has 136 valence electrons. The molecule has 0 saturated carbocycles. The maximum Gasteiger partial charge on any atom is 0.162 e. The van der Waals surface area contributed by atoms with E-state index in [0.717, 1.165) is 35.6 Å². The third-order valence-electron chi connectivity index (χ3n) is 4.24. The molecule has 27 heavy (non-hydrogen) atoms. The summed E-state index contributed by atoms with van der Waals surface area (Å²) in [4.78, 5) is 20.8. The van der Waals surface area contributed by atoms with E-state index in [2.05, 4.69) is 40.4 Å². The molecule has 0 unspecified atom stereocenters. The average Bonchev–Trinajstić information content (AvgIpc) is 2.88. The highest BCUT2D eigenvalue weighted by atomic mass is 16.1. The van der Waals surface area contributed by atoms with Gasteiger partial charge in [0.1, 0.15) is 0 Å². The van der Waals surface area contributed by atoms with Gasteiger partial charge >= 0.3 is 0 Å². The number of nitrogens with zero attached hydrogens (tertiary/aromatic N) is 4. The minimum absolute atomic E-state index is 0.0387. The Morgan fingerprint density at radius 2 is 2.07 bits per heavy atom. The third-order valence-corrected chi connectivity index (χ3v) is 4.24. The van der Waals surface area contributed by atoms with E-state index in [9.17, 15) is 4.79 Å². The Morgan fingerprint density at radius 1 is 1.26 bits per heavy atom. The number of rotatable bonds is 6. The standard InChI is InChI=1S/C22H22N4O/c1-3-7-20(4-2)26-13-10-21(27)16-19(25-26)15-17-8-5-9-18(14-17)22-23-11-6-12-24-22/h3-4,6-7,9-14H,1-2,5,8,15-16H2/b20-7+. The quantitative estimate of drug-likeness (QED) is 0.709. The topological polar surface area (TPSA) is 58.5 Å². The highest BCUT2D eigenvalue weighted by molar-refractivity contribution is 6.07. The van der Waals surface area contributed by atoms with Crippen LogP contribution in [0.2, 0.25) is 0 Å². The van der Waals surface area contributed by atoms with E-state index >= 15 is 0 Å². The van der Waals surface area contributed by atoms with Crippen molar-refractivity contribution in [2.75, 3.05) is 0 Å². The monoisotopic (exact) mass is 358 g/mol. The fraction of sp³-hybridized carbons (Fsp3) is 0.182. The van der Waals surface area contributed by atoms with E-state index in [1.165, 1.54) is 5.57 Å². The zero-order chi connectivity index (χ0) is 19.1. The molecule has 3 rings (SSSR count). The first-order valence-corrected chi connectivity index (χ1v) is 8.88. The van der Waals surface area contributed by atoms with Crippen LogP contribution in [-0.4, -0.2) is 26.5 Å². The zero-order valence-electron chi connectivity index (χ0n) is 15.2. The lowest BCUT2D eigenvalue weighted by Crippen LogP contribution is -2.12. The summed E-state index contributed by atoms with van der Waals surface area (Å²) >= 11 is 0. The van der Waals surface area contributed by atoms with E-state index in [0.29, 0.717) is 12.8 Å². The number of carbonyl (C=O) groups is 1. The Morgan fingerprint density at radius 3 is 2.81 bits per heavy atom. The number of aromatic nitrogens is 2. The van der Waals surface area contributed by atoms with Gasteiger partial charge in [-0.1, -0.05) is 37.0 Å². The van der Waals surface area contributed by atoms with Crippen molar-refractivity contribution in [3.63, 3.8) is 0 Å². The summed E-state index contributed by atoms with van der Waals surface area (Å²) in [6, 6.07) is 1.80. The van der Waals surface area contributed by atoms with Gasteiger partial charge in [-0.25, -0.2) is 15.0 Å². The largest absolute Gasteiger partial charge is 0.294 e. The Bertz CT molecular complexity index is 888. The summed E-state index contributed by atoms with van der Waals surface area (Å²) in [5.41, 5.74) is 3.83. The zero-order valence-corrected chi connectivity index (χ0v) is 15.2. The van der Waals surface area contributed by atoms with Gasteiger partial charge in [-0.2, -0.15) is 5.10 Å². The molecular weight excluding hydrogens is 336 g/mol. The molecule has 0 atom stereocenters. The predicted molar refractivity (Wildman–Crippen MR) is 108 cm³/mol. The molecule has 0 spiro atoms. The lowest BCUT2D eigenvalue weighted by atomic mass is 9.93. The summed E-state index contributed by atoms with van der Waals surface area (Å²) in [5, 5.41) is 6.35. The van der Waals surface area contributed by atoms with Crippen LogP contribution in [0.3, 0.4) is 0 Å². The maximum atomic E-state index is 12.1. The second kappa shape index (κ2) is 8.85. The van der Waals surface area contributed by atoms with E-state index < -0.39 is 0 Å². The molecule has 1 aliphatic carbocycles. The molecule has 0 amide bonds. The first-order valence-electron chi connectivity index (χ1n) is 8.88. The molecule has 0 radical (unpaired) electrons. The smallest absolute Gasteiger partial charge is 0.162 e. The third kappa shape index (κ3) is 4.85. The van der Waals surface area contributed by atoms with Crippen LogP contribution >= 0.6 is 0 Å². The average molecular weight is 358 g/mol. The molecule has 1 aromatic heterocycles. The molecule has 1 aliphatic heterocycles. The highest BCUT2D eigenvalue weighted by Crippen LogP contribution is 2.26. The Labute approximate surface area is 159 Å². The first-order chi connectivity index (χ1) is 13.2. The van der Waals surface area contributed by atoms with Gasteiger partial charge < -0.3 is 0 Å². The number of hydrogen-bond acceptors (Lipinski definition) is 5. The van der Waals surface area contributed by atoms with Crippen molar-refractivity contribution in [3.05, 3.63) is 91.4 Å². The fourth-order valence-corrected chi connectivity index (χ4v) is 3.00. The van der Waals surface area contributed by atoms with Crippen LogP contribution in [0.5, 0.6) is 0 Å². The van der Waals surface area contributed by atoms with E-state index in [-0.39, 0.29) is 5.78 Å². The van der Waals surface area contributed by atoms with Crippen molar-refractivity contribution in [1.82, 2.24) is 15.0 Å². The second-order valence-electron chi connectivity index (χ2n) is 6.25. The van der Waals surface area contributed by atoms with Crippen LogP contribution in [0.4, 0.5) is 0 Å². The molecule has 5 nitrogen and oxygen atoms in total. The number of hydrogen-bond donors (Lipinski definition) is 0. The molecule has 0 N–H and O–H groups in total. The van der Waals surface area contributed by atoms with Crippen molar-refractivity contribution in [3.8, 4) is 0 Å². The molecule has 0 saturated heterocycles. The first kappa shape index (κ1) is 18.5. The summed E-state index contributed by atoms with van der Waals surface area (Å²) in [6.45, 7) is 7.52. The number of carbonyl (C=O) groups excluding carboxylic acids is 1. The van der Waals surface area contributed by atoms with Crippen LogP contribution in [0.25, 0.3) is 5.57 Å². The van der Waals surface area contributed by atoms with Crippen LogP contribution in [0.15, 0.2) is 90.6 Å². The van der Waals surface area contributed by atoms with Gasteiger partial charge in [-0.05, 0) is 37.1 Å². The van der Waals surface area contributed by atoms with Crippen LogP contribution < -0.4 is 0 Å². The molecule has 2 heterocycles. The molecule has 0 bridgehead atoms. The minimum Gasteiger partial charge on any atom is -0.294 e. The van der Waals surface area contributed by atoms with Crippen LogP contribution in [0.1, 0.15) is 31.5 Å².